The van der Waals surface area contributed by atoms with Crippen molar-refractivity contribution < 1.29 is 4.39 Å². The van der Waals surface area contributed by atoms with Crippen LogP contribution in [-0.4, -0.2) is 0 Å². The topological polar surface area (TPSA) is 3.24 Å². The molecule has 0 saturated heterocycles. The maximum Gasteiger partial charge on any atom is 0.125 e. The quantitative estimate of drug-likeness (QED) is 0.736. The SMILES string of the molecule is Fc1cc(CCl)cc(N2Cc3ccccc3C2)c1. The predicted octanol–water partition coefficient (Wildman–Crippen LogP) is 4.08. The second-order valence-corrected chi connectivity index (χ2v) is 4.84. The Hall–Kier alpha value is -1.54. The van der Waals surface area contributed by atoms with Crippen molar-refractivity contribution >= 4 is 17.3 Å². The van der Waals surface area contributed by atoms with E-state index < -0.39 is 0 Å². The zero-order valence-electron chi connectivity index (χ0n) is 9.87. The number of rotatable bonds is 2. The molecule has 0 aliphatic carbocycles. The van der Waals surface area contributed by atoms with Crippen LogP contribution in [0.2, 0.25) is 0 Å². The Morgan fingerprint density at radius 1 is 1.06 bits per heavy atom. The van der Waals surface area contributed by atoms with E-state index >= 15 is 0 Å². The molecule has 0 bridgehead atoms. The predicted molar refractivity (Wildman–Crippen MR) is 72.3 cm³/mol. The fourth-order valence-electron chi connectivity index (χ4n) is 2.41. The number of hydrogen-bond acceptors (Lipinski definition) is 1. The second kappa shape index (κ2) is 4.62. The van der Waals surface area contributed by atoms with Gasteiger partial charge in [-0.25, -0.2) is 4.39 Å². The molecule has 0 saturated carbocycles. The molecule has 0 N–H and O–H groups in total. The fourth-order valence-corrected chi connectivity index (χ4v) is 2.56. The van der Waals surface area contributed by atoms with Gasteiger partial charge in [-0.15, -0.1) is 11.6 Å². The molecule has 2 aromatic rings. The molecule has 1 nitrogen and oxygen atoms in total. The molecule has 1 heterocycles. The molecule has 0 amide bonds. The average Bonchev–Trinajstić information content (AvgIpc) is 2.81. The van der Waals surface area contributed by atoms with Gasteiger partial charge < -0.3 is 4.90 Å². The highest BCUT2D eigenvalue weighted by Gasteiger charge is 2.19. The lowest BCUT2D eigenvalue weighted by molar-refractivity contribution is 0.625. The van der Waals surface area contributed by atoms with Crippen molar-refractivity contribution in [2.24, 2.45) is 0 Å². The van der Waals surface area contributed by atoms with E-state index in [1.54, 1.807) is 6.07 Å². The van der Waals surface area contributed by atoms with Gasteiger partial charge in [0, 0.05) is 24.7 Å². The molecule has 0 atom stereocenters. The average molecular weight is 262 g/mol. The van der Waals surface area contributed by atoms with E-state index in [9.17, 15) is 4.39 Å². The Kier molecular flexibility index (Phi) is 2.96. The Morgan fingerprint density at radius 3 is 2.33 bits per heavy atom. The highest BCUT2D eigenvalue weighted by atomic mass is 35.5. The number of hydrogen-bond donors (Lipinski definition) is 0. The van der Waals surface area contributed by atoms with Crippen LogP contribution in [0.25, 0.3) is 0 Å². The molecule has 92 valence electrons. The number of fused-ring (bicyclic) bond motifs is 1. The van der Waals surface area contributed by atoms with E-state index in [1.807, 2.05) is 18.2 Å². The summed E-state index contributed by atoms with van der Waals surface area (Å²) in [4.78, 5) is 2.17. The lowest BCUT2D eigenvalue weighted by atomic mass is 10.1. The molecule has 0 radical (unpaired) electrons. The monoisotopic (exact) mass is 261 g/mol. The van der Waals surface area contributed by atoms with Gasteiger partial charge in [-0.3, -0.25) is 0 Å². The van der Waals surface area contributed by atoms with E-state index in [4.69, 9.17) is 11.6 Å². The molecule has 1 aliphatic rings. The van der Waals surface area contributed by atoms with Crippen molar-refractivity contribution in [1.82, 2.24) is 0 Å². The Labute approximate surface area is 111 Å². The van der Waals surface area contributed by atoms with Crippen molar-refractivity contribution in [3.63, 3.8) is 0 Å². The van der Waals surface area contributed by atoms with Gasteiger partial charge in [0.25, 0.3) is 0 Å². The van der Waals surface area contributed by atoms with Crippen LogP contribution in [0.3, 0.4) is 0 Å². The van der Waals surface area contributed by atoms with Crippen LogP contribution in [0.15, 0.2) is 42.5 Å². The molecular weight excluding hydrogens is 249 g/mol. The molecule has 3 heteroatoms. The summed E-state index contributed by atoms with van der Waals surface area (Å²) in [6, 6.07) is 13.3. The van der Waals surface area contributed by atoms with Crippen molar-refractivity contribution in [1.29, 1.82) is 0 Å². The number of alkyl halides is 1. The number of nitrogens with zero attached hydrogens (tertiary/aromatic N) is 1. The first-order valence-corrected chi connectivity index (χ1v) is 6.47. The lowest BCUT2D eigenvalue weighted by Crippen LogP contribution is -2.14. The standard InChI is InChI=1S/C15H13ClFN/c16-8-11-5-14(17)7-15(6-11)18-9-12-3-1-2-4-13(12)10-18/h1-7H,8-10H2. The van der Waals surface area contributed by atoms with Crippen molar-refractivity contribution in [2.75, 3.05) is 4.90 Å². The van der Waals surface area contributed by atoms with Crippen LogP contribution in [0.1, 0.15) is 16.7 Å². The minimum absolute atomic E-state index is 0.223. The van der Waals surface area contributed by atoms with Gasteiger partial charge in [-0.1, -0.05) is 24.3 Å². The van der Waals surface area contributed by atoms with Crippen LogP contribution in [0.4, 0.5) is 10.1 Å². The molecule has 0 aromatic heterocycles. The van der Waals surface area contributed by atoms with Gasteiger partial charge in [0.05, 0.1) is 0 Å². The first kappa shape index (κ1) is 11.5. The van der Waals surface area contributed by atoms with Crippen molar-refractivity contribution in [2.45, 2.75) is 19.0 Å². The molecule has 1 aliphatic heterocycles. The van der Waals surface area contributed by atoms with E-state index in [2.05, 4.69) is 17.0 Å². The Bertz CT molecular complexity index is 557. The summed E-state index contributed by atoms with van der Waals surface area (Å²) in [5.74, 6) is 0.116. The maximum absolute atomic E-state index is 13.5. The molecule has 2 aromatic carbocycles. The summed E-state index contributed by atoms with van der Waals surface area (Å²) in [6.45, 7) is 1.67. The molecule has 18 heavy (non-hydrogen) atoms. The molecule has 0 unspecified atom stereocenters. The largest absolute Gasteiger partial charge is 0.363 e. The minimum Gasteiger partial charge on any atom is -0.363 e. The van der Waals surface area contributed by atoms with Gasteiger partial charge >= 0.3 is 0 Å². The normalized spacial score (nSPS) is 13.8. The van der Waals surface area contributed by atoms with Gasteiger partial charge in [-0.2, -0.15) is 0 Å². The summed E-state index contributed by atoms with van der Waals surface area (Å²) in [6.07, 6.45) is 0. The van der Waals surface area contributed by atoms with Crippen molar-refractivity contribution in [3.05, 3.63) is 65.0 Å². The molecular formula is C15H13ClFN. The van der Waals surface area contributed by atoms with E-state index in [0.717, 1.165) is 24.3 Å². The molecule has 0 fully saturated rings. The van der Waals surface area contributed by atoms with Crippen LogP contribution in [0.5, 0.6) is 0 Å². The van der Waals surface area contributed by atoms with Gasteiger partial charge in [0.15, 0.2) is 0 Å². The molecule has 3 rings (SSSR count). The van der Waals surface area contributed by atoms with Gasteiger partial charge in [-0.05, 0) is 34.9 Å². The van der Waals surface area contributed by atoms with Crippen LogP contribution in [0, 0.1) is 5.82 Å². The lowest BCUT2D eigenvalue weighted by Gasteiger charge is -2.18. The highest BCUT2D eigenvalue weighted by Crippen LogP contribution is 2.29. The van der Waals surface area contributed by atoms with Gasteiger partial charge in [0.1, 0.15) is 5.82 Å². The fraction of sp³-hybridized carbons (Fsp3) is 0.200. The van der Waals surface area contributed by atoms with E-state index in [0.29, 0.717) is 5.88 Å². The third-order valence-electron chi connectivity index (χ3n) is 3.30. The highest BCUT2D eigenvalue weighted by molar-refractivity contribution is 6.17. The zero-order chi connectivity index (χ0) is 12.5. The number of benzene rings is 2. The third-order valence-corrected chi connectivity index (χ3v) is 3.61. The van der Waals surface area contributed by atoms with Crippen LogP contribution in [-0.2, 0) is 19.0 Å². The maximum atomic E-state index is 13.5. The molecule has 0 spiro atoms. The van der Waals surface area contributed by atoms with Crippen molar-refractivity contribution in [3.8, 4) is 0 Å². The summed E-state index contributed by atoms with van der Waals surface area (Å²) >= 11 is 5.78. The Balaban J connectivity index is 1.92. The second-order valence-electron chi connectivity index (χ2n) is 4.58. The van der Waals surface area contributed by atoms with E-state index in [-0.39, 0.29) is 5.82 Å². The smallest absolute Gasteiger partial charge is 0.125 e. The first-order chi connectivity index (χ1) is 8.76. The summed E-state index contributed by atoms with van der Waals surface area (Å²) in [5.41, 5.74) is 4.35. The summed E-state index contributed by atoms with van der Waals surface area (Å²) in [5, 5.41) is 0. The van der Waals surface area contributed by atoms with Gasteiger partial charge in [0.2, 0.25) is 0 Å². The number of anilines is 1. The van der Waals surface area contributed by atoms with E-state index in [1.165, 1.54) is 17.2 Å². The Morgan fingerprint density at radius 2 is 1.72 bits per heavy atom. The summed E-state index contributed by atoms with van der Waals surface area (Å²) in [7, 11) is 0. The third kappa shape index (κ3) is 2.08. The number of halogens is 2. The van der Waals surface area contributed by atoms with Crippen LogP contribution >= 0.6 is 11.6 Å². The zero-order valence-corrected chi connectivity index (χ0v) is 10.6. The summed E-state index contributed by atoms with van der Waals surface area (Å²) < 4.78 is 13.5. The van der Waals surface area contributed by atoms with Crippen LogP contribution < -0.4 is 4.90 Å². The minimum atomic E-state index is -0.223. The first-order valence-electron chi connectivity index (χ1n) is 5.93.